The van der Waals surface area contributed by atoms with Gasteiger partial charge in [-0.1, -0.05) is 0 Å². The Hall–Kier alpha value is -1.21. The van der Waals surface area contributed by atoms with Crippen LogP contribution in [0.3, 0.4) is 0 Å². The van der Waals surface area contributed by atoms with Gasteiger partial charge in [-0.05, 0) is 38.8 Å². The van der Waals surface area contributed by atoms with Gasteiger partial charge in [-0.15, -0.1) is 0 Å². The van der Waals surface area contributed by atoms with Crippen molar-refractivity contribution in [2.24, 2.45) is 11.7 Å². The van der Waals surface area contributed by atoms with Gasteiger partial charge in [-0.25, -0.2) is 9.97 Å². The van der Waals surface area contributed by atoms with Crippen molar-refractivity contribution in [3.8, 4) is 0 Å². The molecule has 1 aromatic rings. The Kier molecular flexibility index (Phi) is 4.59. The summed E-state index contributed by atoms with van der Waals surface area (Å²) in [4.78, 5) is 9.20. The average molecular weight is 288 g/mol. The number of alkyl halides is 3. The van der Waals surface area contributed by atoms with Gasteiger partial charge in [0.15, 0.2) is 0 Å². The number of piperidine rings is 1. The number of hydrogen-bond acceptors (Lipinski definition) is 4. The minimum absolute atomic E-state index is 0.391. The lowest BCUT2D eigenvalue weighted by molar-refractivity contribution is -0.145. The first-order valence-corrected chi connectivity index (χ1v) is 6.72. The quantitative estimate of drug-likeness (QED) is 0.924. The van der Waals surface area contributed by atoms with Crippen molar-refractivity contribution in [2.75, 3.05) is 19.6 Å². The summed E-state index contributed by atoms with van der Waals surface area (Å²) in [6.07, 6.45) is -1.01. The second-order valence-corrected chi connectivity index (χ2v) is 5.28. The van der Waals surface area contributed by atoms with Crippen LogP contribution >= 0.6 is 0 Å². The lowest BCUT2D eigenvalue weighted by Crippen LogP contribution is -2.38. The van der Waals surface area contributed by atoms with Crippen LogP contribution in [0.15, 0.2) is 6.20 Å². The first-order valence-electron chi connectivity index (χ1n) is 6.72. The minimum atomic E-state index is -4.49. The number of halogens is 3. The molecule has 0 amide bonds. The third kappa shape index (κ3) is 3.67. The predicted octanol–water partition coefficient (Wildman–Crippen LogP) is 1.97. The van der Waals surface area contributed by atoms with Crippen molar-refractivity contribution in [3.63, 3.8) is 0 Å². The highest BCUT2D eigenvalue weighted by atomic mass is 19.4. The van der Waals surface area contributed by atoms with Gasteiger partial charge in [0.25, 0.3) is 0 Å². The Morgan fingerprint density at radius 3 is 2.80 bits per heavy atom. The van der Waals surface area contributed by atoms with E-state index in [0.29, 0.717) is 24.7 Å². The van der Waals surface area contributed by atoms with Crippen LogP contribution in [0.4, 0.5) is 13.2 Å². The molecule has 4 nitrogen and oxygen atoms in total. The first kappa shape index (κ1) is 15.2. The van der Waals surface area contributed by atoms with E-state index < -0.39 is 12.0 Å². The van der Waals surface area contributed by atoms with Gasteiger partial charge in [-0.3, -0.25) is 4.90 Å². The van der Waals surface area contributed by atoms with E-state index in [1.807, 2.05) is 0 Å². The Morgan fingerprint density at radius 2 is 2.20 bits per heavy atom. The molecule has 0 bridgehead atoms. The van der Waals surface area contributed by atoms with Crippen molar-refractivity contribution < 1.29 is 13.2 Å². The summed E-state index contributed by atoms with van der Waals surface area (Å²) in [5.41, 5.74) is 6.82. The van der Waals surface area contributed by atoms with Crippen LogP contribution in [-0.4, -0.2) is 34.5 Å². The third-order valence-corrected chi connectivity index (χ3v) is 3.66. The summed E-state index contributed by atoms with van der Waals surface area (Å²) in [5, 5.41) is 0. The van der Waals surface area contributed by atoms with E-state index in [2.05, 4.69) is 14.9 Å². The SMILES string of the molecule is Cc1nc(C(F)(F)F)ncc1CN1CCC[C@@H](CN)C1. The first-order chi connectivity index (χ1) is 9.40. The zero-order chi connectivity index (χ0) is 14.8. The van der Waals surface area contributed by atoms with E-state index >= 15 is 0 Å². The molecule has 2 N–H and O–H groups in total. The highest BCUT2D eigenvalue weighted by molar-refractivity contribution is 5.17. The Balaban J connectivity index is 2.06. The van der Waals surface area contributed by atoms with Crippen LogP contribution in [-0.2, 0) is 12.7 Å². The number of hydrogen-bond donors (Lipinski definition) is 1. The van der Waals surface area contributed by atoms with Gasteiger partial charge in [0.05, 0.1) is 0 Å². The second-order valence-electron chi connectivity index (χ2n) is 5.28. The van der Waals surface area contributed by atoms with Gasteiger partial charge >= 0.3 is 6.18 Å². The maximum Gasteiger partial charge on any atom is 0.451 e. The lowest BCUT2D eigenvalue weighted by Gasteiger charge is -2.32. The predicted molar refractivity (Wildman–Crippen MR) is 68.8 cm³/mol. The fraction of sp³-hybridized carbons (Fsp3) is 0.692. The molecule has 20 heavy (non-hydrogen) atoms. The lowest BCUT2D eigenvalue weighted by atomic mass is 9.98. The van der Waals surface area contributed by atoms with Crippen molar-refractivity contribution in [3.05, 3.63) is 23.3 Å². The summed E-state index contributed by atoms with van der Waals surface area (Å²) in [7, 11) is 0. The Bertz CT molecular complexity index is 461. The minimum Gasteiger partial charge on any atom is -0.330 e. The third-order valence-electron chi connectivity index (χ3n) is 3.66. The van der Waals surface area contributed by atoms with Crippen molar-refractivity contribution in [2.45, 2.75) is 32.5 Å². The number of aromatic nitrogens is 2. The number of likely N-dealkylation sites (tertiary alicyclic amines) is 1. The molecule has 2 rings (SSSR count). The van der Waals surface area contributed by atoms with Crippen molar-refractivity contribution in [1.82, 2.24) is 14.9 Å². The molecule has 0 unspecified atom stereocenters. The Labute approximate surface area is 116 Å². The van der Waals surface area contributed by atoms with Gasteiger partial charge in [0.1, 0.15) is 0 Å². The molecule has 1 fully saturated rings. The van der Waals surface area contributed by atoms with E-state index in [-0.39, 0.29) is 0 Å². The zero-order valence-corrected chi connectivity index (χ0v) is 11.5. The smallest absolute Gasteiger partial charge is 0.330 e. The van der Waals surface area contributed by atoms with Crippen molar-refractivity contribution in [1.29, 1.82) is 0 Å². The van der Waals surface area contributed by atoms with Crippen LogP contribution < -0.4 is 5.73 Å². The summed E-state index contributed by atoms with van der Waals surface area (Å²) in [5.74, 6) is -0.600. The molecule has 1 aliphatic rings. The molecule has 2 heterocycles. The maximum atomic E-state index is 12.5. The zero-order valence-electron chi connectivity index (χ0n) is 11.5. The van der Waals surface area contributed by atoms with Crippen LogP contribution in [0.5, 0.6) is 0 Å². The number of nitrogens with zero attached hydrogens (tertiary/aromatic N) is 3. The molecule has 0 aromatic carbocycles. The second kappa shape index (κ2) is 6.05. The van der Waals surface area contributed by atoms with E-state index in [9.17, 15) is 13.2 Å². The normalized spacial score (nSPS) is 21.1. The molecular weight excluding hydrogens is 269 g/mol. The molecule has 1 saturated heterocycles. The fourth-order valence-electron chi connectivity index (χ4n) is 2.51. The van der Waals surface area contributed by atoms with E-state index in [1.165, 1.54) is 6.20 Å². The maximum absolute atomic E-state index is 12.5. The van der Waals surface area contributed by atoms with Gasteiger partial charge in [0, 0.05) is 30.5 Å². The fourth-order valence-corrected chi connectivity index (χ4v) is 2.51. The molecule has 112 valence electrons. The summed E-state index contributed by atoms with van der Waals surface area (Å²) in [6.45, 7) is 4.66. The number of nitrogens with two attached hydrogens (primary N) is 1. The largest absolute Gasteiger partial charge is 0.451 e. The topological polar surface area (TPSA) is 55.0 Å². The van der Waals surface area contributed by atoms with Crippen molar-refractivity contribution >= 4 is 0 Å². The molecule has 0 radical (unpaired) electrons. The molecule has 1 aliphatic heterocycles. The summed E-state index contributed by atoms with van der Waals surface area (Å²) >= 11 is 0. The van der Waals surface area contributed by atoms with Gasteiger partial charge in [0.2, 0.25) is 5.82 Å². The summed E-state index contributed by atoms with van der Waals surface area (Å²) < 4.78 is 37.5. The van der Waals surface area contributed by atoms with Crippen LogP contribution in [0, 0.1) is 12.8 Å². The molecule has 7 heteroatoms. The molecule has 1 aromatic heterocycles. The highest BCUT2D eigenvalue weighted by Gasteiger charge is 2.34. The van der Waals surface area contributed by atoms with Gasteiger partial charge in [-0.2, -0.15) is 13.2 Å². The standard InChI is InChI=1S/C13H19F3N4/c1-9-11(6-18-12(19-9)13(14,15)16)8-20-4-2-3-10(5-17)7-20/h6,10H,2-5,7-8,17H2,1H3/t10-/m0/s1. The highest BCUT2D eigenvalue weighted by Crippen LogP contribution is 2.26. The van der Waals surface area contributed by atoms with E-state index in [0.717, 1.165) is 31.5 Å². The number of rotatable bonds is 3. The summed E-state index contributed by atoms with van der Waals surface area (Å²) in [6, 6.07) is 0. The average Bonchev–Trinajstić information content (AvgIpc) is 2.40. The molecule has 1 atom stereocenters. The Morgan fingerprint density at radius 1 is 1.45 bits per heavy atom. The molecule has 0 aliphatic carbocycles. The number of aryl methyl sites for hydroxylation is 1. The monoisotopic (exact) mass is 288 g/mol. The van der Waals surface area contributed by atoms with Crippen LogP contribution in [0.1, 0.15) is 29.9 Å². The molecular formula is C13H19F3N4. The molecule has 0 spiro atoms. The molecule has 0 saturated carbocycles. The van der Waals surface area contributed by atoms with Crippen LogP contribution in [0.2, 0.25) is 0 Å². The van der Waals surface area contributed by atoms with E-state index in [4.69, 9.17) is 5.73 Å². The van der Waals surface area contributed by atoms with Gasteiger partial charge < -0.3 is 5.73 Å². The van der Waals surface area contributed by atoms with Crippen LogP contribution in [0.25, 0.3) is 0 Å². The van der Waals surface area contributed by atoms with E-state index in [1.54, 1.807) is 6.92 Å².